The van der Waals surface area contributed by atoms with Gasteiger partial charge in [-0.25, -0.2) is 4.79 Å². The van der Waals surface area contributed by atoms with Crippen molar-refractivity contribution in [3.8, 4) is 0 Å². The molecule has 1 aliphatic carbocycles. The van der Waals surface area contributed by atoms with Crippen LogP contribution in [0.5, 0.6) is 0 Å². The predicted molar refractivity (Wildman–Crippen MR) is 97.1 cm³/mol. The Morgan fingerprint density at radius 3 is 2.83 bits per heavy atom. The maximum atomic E-state index is 12.0. The first-order chi connectivity index (χ1) is 11.2. The zero-order valence-electron chi connectivity index (χ0n) is 13.5. The van der Waals surface area contributed by atoms with Crippen LogP contribution < -0.4 is 5.32 Å². The standard InChI is InChI=1S/C15H20IN3O5/c1-15(2,9-16)24-14(21)18-12(13(20)8-17)7-10-4-3-5-11(6-10)19(22)23/h3,5-6,8,10,12,17H,4,7,9H2,1-2H3,(H,18,21)/t10?,12-/m0/s1. The van der Waals surface area contributed by atoms with Gasteiger partial charge in [-0.3, -0.25) is 14.9 Å². The molecule has 1 aliphatic rings. The quantitative estimate of drug-likeness (QED) is 0.194. The summed E-state index contributed by atoms with van der Waals surface area (Å²) in [5.74, 6) is -0.855. The van der Waals surface area contributed by atoms with Gasteiger partial charge in [-0.05, 0) is 38.7 Å². The summed E-state index contributed by atoms with van der Waals surface area (Å²) in [6, 6.07) is -0.958. The Hall–Kier alpha value is -1.78. The molecular weight excluding hydrogens is 429 g/mol. The van der Waals surface area contributed by atoms with Crippen molar-refractivity contribution in [1.29, 1.82) is 5.41 Å². The molecule has 8 nitrogen and oxygen atoms in total. The Morgan fingerprint density at radius 1 is 1.62 bits per heavy atom. The van der Waals surface area contributed by atoms with Crippen LogP contribution in [0.2, 0.25) is 0 Å². The summed E-state index contributed by atoms with van der Waals surface area (Å²) in [7, 11) is 0. The molecule has 1 rings (SSSR count). The number of nitro groups is 1. The van der Waals surface area contributed by atoms with Gasteiger partial charge in [0.25, 0.3) is 5.70 Å². The summed E-state index contributed by atoms with van der Waals surface area (Å²) < 4.78 is 5.81. The summed E-state index contributed by atoms with van der Waals surface area (Å²) in [4.78, 5) is 34.2. The van der Waals surface area contributed by atoms with E-state index in [1.807, 2.05) is 0 Å². The Labute approximate surface area is 153 Å². The van der Waals surface area contributed by atoms with E-state index in [4.69, 9.17) is 10.1 Å². The fourth-order valence-electron chi connectivity index (χ4n) is 2.11. The number of allylic oxidation sites excluding steroid dienone is 3. The van der Waals surface area contributed by atoms with Crippen molar-refractivity contribution in [3.05, 3.63) is 34.0 Å². The monoisotopic (exact) mass is 449 g/mol. The molecule has 1 amide bonds. The highest BCUT2D eigenvalue weighted by Gasteiger charge is 2.28. The van der Waals surface area contributed by atoms with E-state index in [-0.39, 0.29) is 18.0 Å². The number of halogens is 1. The van der Waals surface area contributed by atoms with Crippen LogP contribution in [0.15, 0.2) is 23.9 Å². The first kappa shape index (κ1) is 20.3. The van der Waals surface area contributed by atoms with Crippen molar-refractivity contribution < 1.29 is 19.2 Å². The van der Waals surface area contributed by atoms with Gasteiger partial charge in [0.1, 0.15) is 5.60 Å². The number of nitrogens with one attached hydrogen (secondary N) is 2. The smallest absolute Gasteiger partial charge is 0.408 e. The average Bonchev–Trinajstić information content (AvgIpc) is 2.53. The SMILES string of the molecule is CC(C)(CI)OC(=O)N[C@@H](CC1C=C([N+](=O)[O-])C=CC1)C(=O)C=N. The van der Waals surface area contributed by atoms with Crippen LogP contribution in [0.25, 0.3) is 0 Å². The minimum atomic E-state index is -0.958. The molecule has 1 unspecified atom stereocenters. The molecule has 0 heterocycles. The lowest BCUT2D eigenvalue weighted by Crippen LogP contribution is -2.45. The van der Waals surface area contributed by atoms with Crippen LogP contribution in [-0.2, 0) is 9.53 Å². The second-order valence-corrected chi connectivity index (χ2v) is 6.77. The second kappa shape index (κ2) is 8.90. The molecule has 0 saturated heterocycles. The lowest BCUT2D eigenvalue weighted by molar-refractivity contribution is -0.419. The number of carbonyl (C=O) groups is 2. The molecule has 0 spiro atoms. The highest BCUT2D eigenvalue weighted by molar-refractivity contribution is 14.1. The molecular formula is C15H20IN3O5. The van der Waals surface area contributed by atoms with Crippen LogP contribution in [-0.4, -0.2) is 39.1 Å². The zero-order chi connectivity index (χ0) is 18.3. The number of hydrogen-bond acceptors (Lipinski definition) is 6. The van der Waals surface area contributed by atoms with E-state index in [0.29, 0.717) is 17.1 Å². The largest absolute Gasteiger partial charge is 0.443 e. The van der Waals surface area contributed by atoms with Gasteiger partial charge in [0, 0.05) is 10.5 Å². The maximum Gasteiger partial charge on any atom is 0.408 e. The van der Waals surface area contributed by atoms with Crippen LogP contribution >= 0.6 is 22.6 Å². The molecule has 0 aromatic rings. The number of Topliss-reactive ketones (excluding diaryl/α,β-unsaturated/α-hetero) is 1. The average molecular weight is 449 g/mol. The number of carbonyl (C=O) groups excluding carboxylic acids is 2. The molecule has 0 saturated carbocycles. The number of hydrogen-bond donors (Lipinski definition) is 2. The van der Waals surface area contributed by atoms with E-state index < -0.39 is 28.4 Å². The minimum Gasteiger partial charge on any atom is -0.443 e. The first-order valence-electron chi connectivity index (χ1n) is 7.31. The van der Waals surface area contributed by atoms with E-state index in [2.05, 4.69) is 27.9 Å². The van der Waals surface area contributed by atoms with Gasteiger partial charge in [0.05, 0.1) is 17.2 Å². The summed E-state index contributed by atoms with van der Waals surface area (Å²) >= 11 is 2.08. The maximum absolute atomic E-state index is 12.0. The molecule has 132 valence electrons. The van der Waals surface area contributed by atoms with Gasteiger partial charge in [-0.1, -0.05) is 28.7 Å². The fourth-order valence-corrected chi connectivity index (χ4v) is 2.27. The molecule has 24 heavy (non-hydrogen) atoms. The number of alkyl carbamates (subject to hydrolysis) is 1. The molecule has 2 N–H and O–H groups in total. The lowest BCUT2D eigenvalue weighted by Gasteiger charge is -2.25. The summed E-state index contributed by atoms with van der Waals surface area (Å²) in [6.45, 7) is 3.48. The van der Waals surface area contributed by atoms with Crippen molar-refractivity contribution >= 4 is 40.7 Å². The highest BCUT2D eigenvalue weighted by Crippen LogP contribution is 2.22. The molecule has 0 aliphatic heterocycles. The Kier molecular flexibility index (Phi) is 7.52. The van der Waals surface area contributed by atoms with Crippen LogP contribution in [0.3, 0.4) is 0 Å². The zero-order valence-corrected chi connectivity index (χ0v) is 15.6. The van der Waals surface area contributed by atoms with E-state index in [9.17, 15) is 19.7 Å². The van der Waals surface area contributed by atoms with Gasteiger partial charge in [0.2, 0.25) is 0 Å². The third kappa shape index (κ3) is 6.38. The van der Waals surface area contributed by atoms with Crippen LogP contribution in [0.4, 0.5) is 4.79 Å². The molecule has 0 radical (unpaired) electrons. The highest BCUT2D eigenvalue weighted by atomic mass is 127. The lowest BCUT2D eigenvalue weighted by atomic mass is 9.91. The van der Waals surface area contributed by atoms with Crippen LogP contribution in [0, 0.1) is 21.4 Å². The van der Waals surface area contributed by atoms with Crippen molar-refractivity contribution in [1.82, 2.24) is 5.32 Å². The third-order valence-electron chi connectivity index (χ3n) is 3.35. The van der Waals surface area contributed by atoms with Crippen molar-refractivity contribution in [2.45, 2.75) is 38.3 Å². The van der Waals surface area contributed by atoms with E-state index in [0.717, 1.165) is 0 Å². The van der Waals surface area contributed by atoms with Crippen LogP contribution in [0.1, 0.15) is 26.7 Å². The Morgan fingerprint density at radius 2 is 2.29 bits per heavy atom. The van der Waals surface area contributed by atoms with Crippen molar-refractivity contribution in [2.75, 3.05) is 4.43 Å². The Bertz CT molecular complexity index is 586. The number of rotatable bonds is 8. The Balaban J connectivity index is 2.78. The van der Waals surface area contributed by atoms with Crippen molar-refractivity contribution in [2.24, 2.45) is 5.92 Å². The minimum absolute atomic E-state index is 0.0408. The third-order valence-corrected chi connectivity index (χ3v) is 5.19. The van der Waals surface area contributed by atoms with Gasteiger partial charge >= 0.3 is 6.09 Å². The number of amides is 1. The summed E-state index contributed by atoms with van der Waals surface area (Å²) in [6.07, 6.45) is 5.10. The molecule has 0 aromatic carbocycles. The molecule has 0 bridgehead atoms. The molecule has 2 atom stereocenters. The van der Waals surface area contributed by atoms with E-state index in [1.165, 1.54) is 12.2 Å². The number of ether oxygens (including phenoxy) is 1. The van der Waals surface area contributed by atoms with Crippen molar-refractivity contribution in [3.63, 3.8) is 0 Å². The fraction of sp³-hybridized carbons (Fsp3) is 0.533. The molecule has 0 aromatic heterocycles. The van der Waals surface area contributed by atoms with E-state index in [1.54, 1.807) is 19.9 Å². The topological polar surface area (TPSA) is 122 Å². The van der Waals surface area contributed by atoms with E-state index >= 15 is 0 Å². The van der Waals surface area contributed by atoms with Gasteiger partial charge in [-0.2, -0.15) is 0 Å². The summed E-state index contributed by atoms with van der Waals surface area (Å²) in [5, 5.41) is 20.4. The van der Waals surface area contributed by atoms with Gasteiger partial charge in [-0.15, -0.1) is 0 Å². The van der Waals surface area contributed by atoms with Gasteiger partial charge < -0.3 is 15.5 Å². The normalized spacial score (nSPS) is 18.3. The molecule has 0 fully saturated rings. The summed E-state index contributed by atoms with van der Waals surface area (Å²) in [5.41, 5.74) is -0.726. The number of ketones is 1. The second-order valence-electron chi connectivity index (χ2n) is 6.01. The molecule has 9 heteroatoms. The number of nitrogens with zero attached hydrogens (tertiary/aromatic N) is 1. The van der Waals surface area contributed by atoms with Gasteiger partial charge in [0.15, 0.2) is 5.78 Å². The first-order valence-corrected chi connectivity index (χ1v) is 8.83. The predicted octanol–water partition coefficient (Wildman–Crippen LogP) is 2.64. The number of alkyl halides is 1.